The Kier molecular flexibility index (Phi) is 6.24. The van der Waals surface area contributed by atoms with Gasteiger partial charge in [0.25, 0.3) is 0 Å². The molecule has 0 aliphatic rings. The highest BCUT2D eigenvalue weighted by Crippen LogP contribution is 2.07. The van der Waals surface area contributed by atoms with Crippen molar-refractivity contribution >= 4 is 12.4 Å². The molecular weight excluding hydrogens is 275 g/mol. The van der Waals surface area contributed by atoms with Gasteiger partial charge in [0.05, 0.1) is 12.4 Å². The van der Waals surface area contributed by atoms with E-state index in [1.165, 1.54) is 17.7 Å². The van der Waals surface area contributed by atoms with Gasteiger partial charge in [-0.15, -0.1) is 6.58 Å². The lowest BCUT2D eigenvalue weighted by molar-refractivity contribution is 0.628. The molecule has 0 aromatic heterocycles. The summed E-state index contributed by atoms with van der Waals surface area (Å²) in [5, 5.41) is 7.96. The highest BCUT2D eigenvalue weighted by molar-refractivity contribution is 5.82. The third-order valence-electron chi connectivity index (χ3n) is 3.20. The van der Waals surface area contributed by atoms with E-state index >= 15 is 0 Å². The first-order chi connectivity index (χ1) is 10.8. The van der Waals surface area contributed by atoms with Crippen molar-refractivity contribution in [3.63, 3.8) is 0 Å². The standard InChI is InChI=1S/C19H19FN2/c1-2-3-4-5-16-6-8-17(9-7-16)14-21-22-15-18-10-12-19(20)13-11-18/h2,6-15H,1,3-5H2. The van der Waals surface area contributed by atoms with Gasteiger partial charge < -0.3 is 0 Å². The van der Waals surface area contributed by atoms with E-state index in [9.17, 15) is 4.39 Å². The van der Waals surface area contributed by atoms with E-state index in [-0.39, 0.29) is 5.82 Å². The quantitative estimate of drug-likeness (QED) is 0.304. The molecule has 0 heterocycles. The molecule has 0 saturated heterocycles. The Morgan fingerprint density at radius 3 is 1.95 bits per heavy atom. The number of hydrogen-bond acceptors (Lipinski definition) is 2. The maximum absolute atomic E-state index is 12.7. The molecule has 2 nitrogen and oxygen atoms in total. The van der Waals surface area contributed by atoms with Crippen molar-refractivity contribution < 1.29 is 4.39 Å². The zero-order valence-corrected chi connectivity index (χ0v) is 12.5. The monoisotopic (exact) mass is 294 g/mol. The number of allylic oxidation sites excluding steroid dienone is 1. The van der Waals surface area contributed by atoms with Crippen LogP contribution in [0.25, 0.3) is 0 Å². The smallest absolute Gasteiger partial charge is 0.123 e. The van der Waals surface area contributed by atoms with Gasteiger partial charge >= 0.3 is 0 Å². The highest BCUT2D eigenvalue weighted by Gasteiger charge is 1.93. The van der Waals surface area contributed by atoms with Gasteiger partial charge in [-0.2, -0.15) is 10.2 Å². The third kappa shape index (κ3) is 5.44. The third-order valence-corrected chi connectivity index (χ3v) is 3.20. The van der Waals surface area contributed by atoms with E-state index in [1.807, 2.05) is 18.2 Å². The Hall–Kier alpha value is -2.55. The zero-order valence-electron chi connectivity index (χ0n) is 12.5. The Morgan fingerprint density at radius 2 is 1.41 bits per heavy atom. The molecule has 0 aliphatic carbocycles. The maximum Gasteiger partial charge on any atom is 0.123 e. The van der Waals surface area contributed by atoms with E-state index in [0.29, 0.717) is 0 Å². The first-order valence-corrected chi connectivity index (χ1v) is 7.30. The minimum Gasteiger partial charge on any atom is -0.207 e. The van der Waals surface area contributed by atoms with Crippen molar-refractivity contribution in [1.82, 2.24) is 0 Å². The summed E-state index contributed by atoms with van der Waals surface area (Å²) in [7, 11) is 0. The van der Waals surface area contributed by atoms with Gasteiger partial charge in [-0.25, -0.2) is 4.39 Å². The topological polar surface area (TPSA) is 24.7 Å². The predicted octanol–water partition coefficient (Wildman–Crippen LogP) is 4.79. The van der Waals surface area contributed by atoms with E-state index < -0.39 is 0 Å². The van der Waals surface area contributed by atoms with E-state index in [2.05, 4.69) is 28.9 Å². The molecule has 3 heteroatoms. The predicted molar refractivity (Wildman–Crippen MR) is 91.2 cm³/mol. The lowest BCUT2D eigenvalue weighted by Gasteiger charge is -1.99. The lowest BCUT2D eigenvalue weighted by atomic mass is 10.1. The Bertz CT molecular complexity index is 640. The minimum absolute atomic E-state index is 0.256. The highest BCUT2D eigenvalue weighted by atomic mass is 19.1. The van der Waals surface area contributed by atoms with Crippen LogP contribution in [-0.2, 0) is 6.42 Å². The summed E-state index contributed by atoms with van der Waals surface area (Å²) >= 11 is 0. The number of aryl methyl sites for hydroxylation is 1. The summed E-state index contributed by atoms with van der Waals surface area (Å²) in [6.45, 7) is 3.72. The summed E-state index contributed by atoms with van der Waals surface area (Å²) in [6.07, 6.45) is 8.47. The molecule has 0 aliphatic heterocycles. The van der Waals surface area contributed by atoms with Gasteiger partial charge in [0.2, 0.25) is 0 Å². The van der Waals surface area contributed by atoms with Crippen LogP contribution in [0.1, 0.15) is 29.5 Å². The fourth-order valence-electron chi connectivity index (χ4n) is 1.97. The van der Waals surface area contributed by atoms with Gasteiger partial charge in [-0.3, -0.25) is 0 Å². The summed E-state index contributed by atoms with van der Waals surface area (Å²) in [4.78, 5) is 0. The summed E-state index contributed by atoms with van der Waals surface area (Å²) < 4.78 is 12.7. The molecule has 0 bridgehead atoms. The average Bonchev–Trinajstić information content (AvgIpc) is 2.55. The average molecular weight is 294 g/mol. The summed E-state index contributed by atoms with van der Waals surface area (Å²) in [6, 6.07) is 14.4. The summed E-state index contributed by atoms with van der Waals surface area (Å²) in [5.41, 5.74) is 3.13. The number of halogens is 1. The van der Waals surface area contributed by atoms with Crippen LogP contribution in [0, 0.1) is 5.82 Å². The van der Waals surface area contributed by atoms with Crippen LogP contribution < -0.4 is 0 Å². The van der Waals surface area contributed by atoms with Gasteiger partial charge in [0.1, 0.15) is 5.82 Å². The fourth-order valence-corrected chi connectivity index (χ4v) is 1.97. The molecule has 2 aromatic rings. The van der Waals surface area contributed by atoms with Crippen molar-refractivity contribution in [1.29, 1.82) is 0 Å². The number of hydrogen-bond donors (Lipinski definition) is 0. The number of nitrogens with zero attached hydrogens (tertiary/aromatic N) is 2. The van der Waals surface area contributed by atoms with Crippen molar-refractivity contribution in [2.75, 3.05) is 0 Å². The minimum atomic E-state index is -0.256. The van der Waals surface area contributed by atoms with Crippen molar-refractivity contribution in [3.8, 4) is 0 Å². The number of benzene rings is 2. The Morgan fingerprint density at radius 1 is 0.864 bits per heavy atom. The molecule has 0 unspecified atom stereocenters. The number of unbranched alkanes of at least 4 members (excludes halogenated alkanes) is 1. The van der Waals surface area contributed by atoms with Crippen molar-refractivity contribution in [3.05, 3.63) is 83.7 Å². The molecule has 0 fully saturated rings. The van der Waals surface area contributed by atoms with Crippen molar-refractivity contribution in [2.24, 2.45) is 10.2 Å². The van der Waals surface area contributed by atoms with Crippen LogP contribution in [0.4, 0.5) is 4.39 Å². The molecule has 0 spiro atoms. The molecule has 0 amide bonds. The zero-order chi connectivity index (χ0) is 15.6. The molecule has 112 valence electrons. The molecular formula is C19H19FN2. The molecule has 0 saturated carbocycles. The van der Waals surface area contributed by atoms with Crippen LogP contribution in [-0.4, -0.2) is 12.4 Å². The number of rotatable bonds is 7. The van der Waals surface area contributed by atoms with Crippen LogP contribution in [0.3, 0.4) is 0 Å². The SMILES string of the molecule is C=CCCCc1ccc(C=NN=Cc2ccc(F)cc2)cc1. The van der Waals surface area contributed by atoms with Crippen molar-refractivity contribution in [2.45, 2.75) is 19.3 Å². The molecule has 0 N–H and O–H groups in total. The Balaban J connectivity index is 1.87. The maximum atomic E-state index is 12.7. The molecule has 2 rings (SSSR count). The lowest BCUT2D eigenvalue weighted by Crippen LogP contribution is -1.86. The van der Waals surface area contributed by atoms with Crippen LogP contribution in [0.2, 0.25) is 0 Å². The van der Waals surface area contributed by atoms with Crippen LogP contribution in [0.15, 0.2) is 71.4 Å². The normalized spacial score (nSPS) is 11.3. The second-order valence-electron chi connectivity index (χ2n) is 4.96. The van der Waals surface area contributed by atoms with Gasteiger partial charge in [-0.1, -0.05) is 42.5 Å². The first-order valence-electron chi connectivity index (χ1n) is 7.30. The van der Waals surface area contributed by atoms with Gasteiger partial charge in [0.15, 0.2) is 0 Å². The van der Waals surface area contributed by atoms with E-state index in [1.54, 1.807) is 24.6 Å². The van der Waals surface area contributed by atoms with E-state index in [4.69, 9.17) is 0 Å². The van der Waals surface area contributed by atoms with Crippen LogP contribution >= 0.6 is 0 Å². The Labute approximate surface area is 130 Å². The fraction of sp³-hybridized carbons (Fsp3) is 0.158. The molecule has 0 atom stereocenters. The van der Waals surface area contributed by atoms with E-state index in [0.717, 1.165) is 30.4 Å². The molecule has 2 aromatic carbocycles. The first kappa shape index (κ1) is 15.8. The van der Waals surface area contributed by atoms with Gasteiger partial charge in [-0.05, 0) is 48.1 Å². The largest absolute Gasteiger partial charge is 0.207 e. The molecule has 22 heavy (non-hydrogen) atoms. The van der Waals surface area contributed by atoms with Gasteiger partial charge in [0, 0.05) is 0 Å². The molecule has 0 radical (unpaired) electrons. The van der Waals surface area contributed by atoms with Crippen LogP contribution in [0.5, 0.6) is 0 Å². The summed E-state index contributed by atoms with van der Waals surface area (Å²) in [5.74, 6) is -0.256. The second-order valence-corrected chi connectivity index (χ2v) is 4.96. The second kappa shape index (κ2) is 8.67.